The van der Waals surface area contributed by atoms with Crippen molar-refractivity contribution in [1.82, 2.24) is 0 Å². The number of hydrogen-bond acceptors (Lipinski definition) is 0. The van der Waals surface area contributed by atoms with Gasteiger partial charge in [-0.15, -0.1) is 0 Å². The molecule has 0 aromatic carbocycles. The van der Waals surface area contributed by atoms with E-state index in [9.17, 15) is 0 Å². The highest BCUT2D eigenvalue weighted by atomic mass is 14.6. The molecule has 0 amide bonds. The third kappa shape index (κ3) is 3.30. The van der Waals surface area contributed by atoms with Gasteiger partial charge in [0.2, 0.25) is 0 Å². The van der Waals surface area contributed by atoms with Crippen LogP contribution in [0.25, 0.3) is 0 Å². The quantitative estimate of drug-likeness (QED) is 0.346. The predicted octanol–water partition coefficient (Wildman–Crippen LogP) is 10.3. The molecular weight excluding hydrogens is 468 g/mol. The minimum absolute atomic E-state index is 0.756. The van der Waals surface area contributed by atoms with Crippen molar-refractivity contribution < 1.29 is 0 Å². The van der Waals surface area contributed by atoms with E-state index in [1.54, 1.807) is 16.7 Å². The first-order chi connectivity index (χ1) is 18.8. The largest absolute Gasteiger partial charge is 0.0805 e. The number of fused-ring (bicyclic) bond motifs is 3. The molecule has 8 aliphatic rings. The molecule has 5 saturated carbocycles. The minimum Gasteiger partial charge on any atom is -0.0805 e. The van der Waals surface area contributed by atoms with Crippen molar-refractivity contribution in [2.45, 2.75) is 93.4 Å². The lowest BCUT2D eigenvalue weighted by Gasteiger charge is -2.58. The standard InChI is InChI=1S/C39H52/c1-19-8-12-27(19)30-15-11-26-16-23(5)33(26)38(30)37-25(7)36(29-14-9-20(29)2)39(35-24(6)18-32(35)37)34-21(3)10-13-28-22(4)17-31(28)34/h10-11,13,15,19-20,22-24,26-29,31-33,35H,8-9,12,14,16-18H2,1-7H3. The summed E-state index contributed by atoms with van der Waals surface area (Å²) in [6.45, 7) is 17.8. The van der Waals surface area contributed by atoms with E-state index in [0.717, 1.165) is 76.9 Å². The summed E-state index contributed by atoms with van der Waals surface area (Å²) >= 11 is 0. The summed E-state index contributed by atoms with van der Waals surface area (Å²) in [6.07, 6.45) is 20.3. The first-order valence-corrected chi connectivity index (χ1v) is 17.0. The van der Waals surface area contributed by atoms with Gasteiger partial charge in [-0.05, 0) is 180 Å². The highest BCUT2D eigenvalue weighted by Gasteiger charge is 2.55. The topological polar surface area (TPSA) is 0 Å². The molecule has 0 radical (unpaired) electrons. The Morgan fingerprint density at radius 1 is 0.513 bits per heavy atom. The van der Waals surface area contributed by atoms with Crippen LogP contribution in [0.15, 0.2) is 68.9 Å². The molecule has 0 bridgehead atoms. The zero-order valence-corrected chi connectivity index (χ0v) is 25.8. The Hall–Kier alpha value is -1.56. The Morgan fingerprint density at radius 2 is 1.21 bits per heavy atom. The van der Waals surface area contributed by atoms with Crippen LogP contribution in [0.2, 0.25) is 0 Å². The average Bonchev–Trinajstić information content (AvgIpc) is 2.87. The molecule has 0 heteroatoms. The number of allylic oxidation sites excluding steroid dienone is 12. The molecule has 5 fully saturated rings. The molecule has 0 N–H and O–H groups in total. The molecule has 0 spiro atoms. The third-order valence-corrected chi connectivity index (χ3v) is 14.1. The zero-order chi connectivity index (χ0) is 26.9. The van der Waals surface area contributed by atoms with E-state index in [0.29, 0.717) is 0 Å². The van der Waals surface area contributed by atoms with E-state index in [1.165, 1.54) is 44.9 Å². The van der Waals surface area contributed by atoms with Crippen LogP contribution in [0, 0.1) is 76.9 Å². The van der Waals surface area contributed by atoms with Gasteiger partial charge in [0.05, 0.1) is 0 Å². The van der Waals surface area contributed by atoms with E-state index in [-0.39, 0.29) is 0 Å². The summed E-state index contributed by atoms with van der Waals surface area (Å²) in [7, 11) is 0. The maximum absolute atomic E-state index is 2.66. The smallest absolute Gasteiger partial charge is 0.00610 e. The fourth-order valence-corrected chi connectivity index (χ4v) is 11.3. The van der Waals surface area contributed by atoms with Gasteiger partial charge in [0.15, 0.2) is 0 Å². The summed E-state index contributed by atoms with van der Waals surface area (Å²) in [5, 5.41) is 0. The fourth-order valence-electron chi connectivity index (χ4n) is 11.3. The van der Waals surface area contributed by atoms with E-state index < -0.39 is 0 Å². The van der Waals surface area contributed by atoms with Gasteiger partial charge in [-0.2, -0.15) is 0 Å². The fraction of sp³-hybridized carbons (Fsp3) is 0.692. The second-order valence-corrected chi connectivity index (χ2v) is 16.0. The molecule has 0 aliphatic heterocycles. The molecular formula is C39H52. The molecule has 0 nitrogen and oxygen atoms in total. The first-order valence-electron chi connectivity index (χ1n) is 17.0. The van der Waals surface area contributed by atoms with Gasteiger partial charge in [0.25, 0.3) is 0 Å². The summed E-state index contributed by atoms with van der Waals surface area (Å²) < 4.78 is 0. The molecule has 8 rings (SSSR count). The van der Waals surface area contributed by atoms with Gasteiger partial charge in [0, 0.05) is 0 Å². The van der Waals surface area contributed by atoms with Crippen LogP contribution in [0.5, 0.6) is 0 Å². The predicted molar refractivity (Wildman–Crippen MR) is 164 cm³/mol. The summed E-state index contributed by atoms with van der Waals surface area (Å²) in [5.41, 5.74) is 14.5. The van der Waals surface area contributed by atoms with Gasteiger partial charge in [0.1, 0.15) is 0 Å². The van der Waals surface area contributed by atoms with Crippen LogP contribution in [-0.2, 0) is 0 Å². The van der Waals surface area contributed by atoms with Gasteiger partial charge in [-0.25, -0.2) is 0 Å². The van der Waals surface area contributed by atoms with Crippen molar-refractivity contribution in [1.29, 1.82) is 0 Å². The van der Waals surface area contributed by atoms with Crippen molar-refractivity contribution >= 4 is 0 Å². The van der Waals surface area contributed by atoms with Crippen molar-refractivity contribution in [3.05, 3.63) is 68.9 Å². The second-order valence-electron chi connectivity index (χ2n) is 16.0. The van der Waals surface area contributed by atoms with Crippen molar-refractivity contribution in [3.8, 4) is 0 Å². The lowest BCUT2D eigenvalue weighted by molar-refractivity contribution is 0.111. The highest BCUT2D eigenvalue weighted by molar-refractivity contribution is 5.64. The summed E-state index contributed by atoms with van der Waals surface area (Å²) in [5.74, 6) is 10.5. The van der Waals surface area contributed by atoms with Crippen LogP contribution < -0.4 is 0 Å². The Labute approximate surface area is 238 Å². The summed E-state index contributed by atoms with van der Waals surface area (Å²) in [4.78, 5) is 0. The SMILES string of the molecule is CC1=C(C2=C(C3CCC3C)C(C)=C(C3=C(C4CCC4C)C=CC4CC(C)C34)C3CC(C)C23)C2CC(C)C2C=C1. The van der Waals surface area contributed by atoms with Crippen molar-refractivity contribution in [2.24, 2.45) is 76.9 Å². The molecule has 208 valence electrons. The van der Waals surface area contributed by atoms with E-state index in [1.807, 2.05) is 27.9 Å². The van der Waals surface area contributed by atoms with E-state index in [2.05, 4.69) is 72.8 Å². The van der Waals surface area contributed by atoms with Crippen LogP contribution in [-0.4, -0.2) is 0 Å². The molecule has 13 unspecified atom stereocenters. The Kier molecular flexibility index (Phi) is 5.63. The van der Waals surface area contributed by atoms with Crippen molar-refractivity contribution in [2.75, 3.05) is 0 Å². The van der Waals surface area contributed by atoms with Gasteiger partial charge in [-0.3, -0.25) is 0 Å². The van der Waals surface area contributed by atoms with Crippen LogP contribution in [0.3, 0.4) is 0 Å². The second kappa shape index (κ2) is 8.72. The Bertz CT molecular complexity index is 1290. The normalized spacial score (nSPS) is 49.9. The third-order valence-electron chi connectivity index (χ3n) is 14.1. The monoisotopic (exact) mass is 520 g/mol. The molecule has 39 heavy (non-hydrogen) atoms. The molecule has 0 saturated heterocycles. The maximum atomic E-state index is 2.66. The lowest BCUT2D eigenvalue weighted by atomic mass is 9.46. The first kappa shape index (κ1) is 25.2. The van der Waals surface area contributed by atoms with E-state index in [4.69, 9.17) is 0 Å². The minimum atomic E-state index is 0.756. The number of hydrogen-bond donors (Lipinski definition) is 0. The molecule has 0 heterocycles. The molecule has 13 atom stereocenters. The lowest BCUT2D eigenvalue weighted by Crippen LogP contribution is -2.48. The van der Waals surface area contributed by atoms with Crippen LogP contribution >= 0.6 is 0 Å². The van der Waals surface area contributed by atoms with E-state index >= 15 is 0 Å². The highest BCUT2D eigenvalue weighted by Crippen LogP contribution is 2.66. The Balaban J connectivity index is 1.36. The maximum Gasteiger partial charge on any atom is -0.00610 e. The van der Waals surface area contributed by atoms with Crippen LogP contribution in [0.1, 0.15) is 93.4 Å². The zero-order valence-electron chi connectivity index (χ0n) is 25.8. The van der Waals surface area contributed by atoms with Gasteiger partial charge < -0.3 is 0 Å². The number of rotatable bonds is 4. The molecule has 8 aliphatic carbocycles. The van der Waals surface area contributed by atoms with Gasteiger partial charge >= 0.3 is 0 Å². The molecule has 0 aromatic rings. The van der Waals surface area contributed by atoms with Gasteiger partial charge in [-0.1, -0.05) is 58.9 Å². The van der Waals surface area contributed by atoms with Crippen LogP contribution in [0.4, 0.5) is 0 Å². The Morgan fingerprint density at radius 3 is 1.79 bits per heavy atom. The average molecular weight is 521 g/mol. The van der Waals surface area contributed by atoms with Crippen molar-refractivity contribution in [3.63, 3.8) is 0 Å². The molecule has 0 aromatic heterocycles. The summed E-state index contributed by atoms with van der Waals surface area (Å²) in [6, 6.07) is 0.